The van der Waals surface area contributed by atoms with Crippen LogP contribution < -0.4 is 24.5 Å². The standard InChI is InChI=1S/C23H28N2O6S/c1-14(2)25-22-16(8-7-9-24-22)19(26)21(23(25)27)32(6)11-10-31-15-12-17(28-3)20(30-5)18(13-15)29-4/h7-9,12-14H,10-11H2,1-6H3/p+1. The van der Waals surface area contributed by atoms with E-state index in [2.05, 4.69) is 4.98 Å². The molecule has 0 aliphatic heterocycles. The van der Waals surface area contributed by atoms with Gasteiger partial charge in [-0.15, -0.1) is 0 Å². The highest BCUT2D eigenvalue weighted by Crippen LogP contribution is 2.40. The zero-order valence-corrected chi connectivity index (χ0v) is 20.0. The Kier molecular flexibility index (Phi) is 7.40. The molecule has 3 aromatic rings. The zero-order valence-electron chi connectivity index (χ0n) is 19.2. The number of aromatic hydroxyl groups is 1. The highest BCUT2D eigenvalue weighted by Gasteiger charge is 2.30. The predicted molar refractivity (Wildman–Crippen MR) is 126 cm³/mol. The summed E-state index contributed by atoms with van der Waals surface area (Å²) >= 11 is 0. The summed E-state index contributed by atoms with van der Waals surface area (Å²) in [6.45, 7) is 4.19. The monoisotopic (exact) mass is 461 g/mol. The van der Waals surface area contributed by atoms with Crippen molar-refractivity contribution in [2.75, 3.05) is 39.9 Å². The van der Waals surface area contributed by atoms with Crippen molar-refractivity contribution in [2.24, 2.45) is 0 Å². The molecule has 1 unspecified atom stereocenters. The summed E-state index contributed by atoms with van der Waals surface area (Å²) in [5, 5.41) is 11.5. The van der Waals surface area contributed by atoms with Gasteiger partial charge in [0.1, 0.15) is 30.0 Å². The van der Waals surface area contributed by atoms with Crippen LogP contribution in [-0.4, -0.2) is 54.6 Å². The molecule has 3 rings (SSSR count). The fraction of sp³-hybridized carbons (Fsp3) is 0.391. The van der Waals surface area contributed by atoms with Crippen molar-refractivity contribution < 1.29 is 24.1 Å². The van der Waals surface area contributed by atoms with Crippen LogP contribution in [0.1, 0.15) is 19.9 Å². The van der Waals surface area contributed by atoms with Gasteiger partial charge in [-0.05, 0) is 26.0 Å². The first kappa shape index (κ1) is 23.6. The highest BCUT2D eigenvalue weighted by molar-refractivity contribution is 7.96. The minimum absolute atomic E-state index is 0.00591. The number of benzene rings is 1. The molecule has 1 atom stereocenters. The summed E-state index contributed by atoms with van der Waals surface area (Å²) in [5.41, 5.74) is 0.266. The maximum atomic E-state index is 13.2. The number of hydrogen-bond donors (Lipinski definition) is 1. The average molecular weight is 462 g/mol. The van der Waals surface area contributed by atoms with Crippen LogP contribution in [0.25, 0.3) is 11.0 Å². The molecule has 0 bridgehead atoms. The van der Waals surface area contributed by atoms with Crippen molar-refractivity contribution in [3.05, 3.63) is 40.8 Å². The summed E-state index contributed by atoms with van der Waals surface area (Å²) in [5.74, 6) is 2.58. The molecule has 0 radical (unpaired) electrons. The van der Waals surface area contributed by atoms with Gasteiger partial charge in [-0.3, -0.25) is 9.36 Å². The van der Waals surface area contributed by atoms with E-state index in [9.17, 15) is 9.90 Å². The Labute approximate surface area is 190 Å². The molecule has 1 aromatic carbocycles. The summed E-state index contributed by atoms with van der Waals surface area (Å²) in [6.07, 6.45) is 3.55. The van der Waals surface area contributed by atoms with Gasteiger partial charge in [0.25, 0.3) is 4.90 Å². The van der Waals surface area contributed by atoms with E-state index in [-0.39, 0.29) is 17.4 Å². The molecule has 0 aliphatic carbocycles. The molecule has 0 aliphatic rings. The lowest BCUT2D eigenvalue weighted by atomic mass is 10.2. The number of methoxy groups -OCH3 is 3. The van der Waals surface area contributed by atoms with Crippen LogP contribution >= 0.6 is 0 Å². The predicted octanol–water partition coefficient (Wildman–Crippen LogP) is 3.39. The molecule has 0 spiro atoms. The summed E-state index contributed by atoms with van der Waals surface area (Å²) in [4.78, 5) is 18.0. The maximum absolute atomic E-state index is 13.2. The van der Waals surface area contributed by atoms with Crippen LogP contribution in [-0.2, 0) is 10.9 Å². The minimum atomic E-state index is -0.557. The van der Waals surface area contributed by atoms with Crippen molar-refractivity contribution in [3.63, 3.8) is 0 Å². The number of ether oxygens (including phenoxy) is 4. The Morgan fingerprint density at radius 1 is 1.12 bits per heavy atom. The topological polar surface area (TPSA) is 92.0 Å². The van der Waals surface area contributed by atoms with E-state index in [1.807, 2.05) is 20.1 Å². The third kappa shape index (κ3) is 4.43. The van der Waals surface area contributed by atoms with E-state index in [0.29, 0.717) is 51.3 Å². The number of rotatable bonds is 9. The lowest BCUT2D eigenvalue weighted by Gasteiger charge is -2.16. The van der Waals surface area contributed by atoms with Crippen LogP contribution in [0.3, 0.4) is 0 Å². The molecule has 2 aromatic heterocycles. The van der Waals surface area contributed by atoms with E-state index in [4.69, 9.17) is 18.9 Å². The molecular formula is C23H29N2O6S+. The van der Waals surface area contributed by atoms with Crippen molar-refractivity contribution in [2.45, 2.75) is 24.8 Å². The Balaban J connectivity index is 1.86. The fourth-order valence-electron chi connectivity index (χ4n) is 3.52. The van der Waals surface area contributed by atoms with E-state index in [1.165, 1.54) is 0 Å². The Morgan fingerprint density at radius 2 is 1.78 bits per heavy atom. The average Bonchev–Trinajstić information content (AvgIpc) is 2.78. The Morgan fingerprint density at radius 3 is 2.34 bits per heavy atom. The molecule has 2 heterocycles. The summed E-state index contributed by atoms with van der Waals surface area (Å²) < 4.78 is 23.6. The number of fused-ring (bicyclic) bond motifs is 1. The second-order valence-electron chi connectivity index (χ2n) is 7.37. The summed E-state index contributed by atoms with van der Waals surface area (Å²) in [6, 6.07) is 6.89. The van der Waals surface area contributed by atoms with Gasteiger partial charge >= 0.3 is 5.56 Å². The van der Waals surface area contributed by atoms with Crippen LogP contribution in [0.4, 0.5) is 0 Å². The van der Waals surface area contributed by atoms with Crippen molar-refractivity contribution >= 4 is 21.9 Å². The number of aromatic nitrogens is 2. The third-order valence-corrected chi connectivity index (χ3v) is 6.90. The first-order valence-corrected chi connectivity index (χ1v) is 11.9. The van der Waals surface area contributed by atoms with Gasteiger partial charge in [-0.2, -0.15) is 0 Å². The lowest BCUT2D eigenvalue weighted by molar-refractivity contribution is 0.309. The second-order valence-corrected chi connectivity index (χ2v) is 9.46. The van der Waals surface area contributed by atoms with Crippen molar-refractivity contribution in [1.29, 1.82) is 0 Å². The highest BCUT2D eigenvalue weighted by atomic mass is 32.2. The first-order chi connectivity index (χ1) is 15.3. The Bertz CT molecular complexity index is 1140. The van der Waals surface area contributed by atoms with E-state index >= 15 is 0 Å². The molecule has 0 fully saturated rings. The van der Waals surface area contributed by atoms with E-state index in [1.54, 1.807) is 56.4 Å². The molecule has 0 saturated heterocycles. The van der Waals surface area contributed by atoms with Gasteiger partial charge < -0.3 is 24.1 Å². The molecule has 0 saturated carbocycles. The Hall–Kier alpha value is -3.07. The zero-order chi connectivity index (χ0) is 23.4. The van der Waals surface area contributed by atoms with Crippen LogP contribution in [0.5, 0.6) is 28.7 Å². The summed E-state index contributed by atoms with van der Waals surface area (Å²) in [7, 11) is 4.07. The quantitative estimate of drug-likeness (QED) is 0.488. The van der Waals surface area contributed by atoms with Crippen molar-refractivity contribution in [3.8, 4) is 28.7 Å². The molecular weight excluding hydrogens is 432 g/mol. The molecule has 172 valence electrons. The van der Waals surface area contributed by atoms with Crippen molar-refractivity contribution in [1.82, 2.24) is 9.55 Å². The number of nitrogens with zero attached hydrogens (tertiary/aromatic N) is 2. The smallest absolute Gasteiger partial charge is 0.311 e. The largest absolute Gasteiger partial charge is 0.503 e. The number of pyridine rings is 2. The maximum Gasteiger partial charge on any atom is 0.311 e. The van der Waals surface area contributed by atoms with E-state index in [0.717, 1.165) is 0 Å². The SMILES string of the molecule is COc1cc(OCC[S+](C)c2c(O)c3cccnc3n(C(C)C)c2=O)cc(OC)c1OC. The molecule has 0 amide bonds. The first-order valence-electron chi connectivity index (χ1n) is 10.1. The van der Waals surface area contributed by atoms with Crippen LogP contribution in [0, 0.1) is 0 Å². The van der Waals surface area contributed by atoms with Gasteiger partial charge in [0.2, 0.25) is 5.75 Å². The van der Waals surface area contributed by atoms with Crippen LogP contribution in [0.15, 0.2) is 40.2 Å². The number of hydrogen-bond acceptors (Lipinski definition) is 7. The molecule has 8 nitrogen and oxygen atoms in total. The molecule has 32 heavy (non-hydrogen) atoms. The molecule has 1 N–H and O–H groups in total. The third-order valence-electron chi connectivity index (χ3n) is 5.06. The normalized spacial score (nSPS) is 12.1. The van der Waals surface area contributed by atoms with Gasteiger partial charge in [0.05, 0.1) is 26.7 Å². The van der Waals surface area contributed by atoms with Gasteiger partial charge in [-0.1, -0.05) is 0 Å². The van der Waals surface area contributed by atoms with Crippen LogP contribution in [0.2, 0.25) is 0 Å². The van der Waals surface area contributed by atoms with Gasteiger partial charge in [0.15, 0.2) is 17.2 Å². The minimum Gasteiger partial charge on any atom is -0.503 e. The van der Waals surface area contributed by atoms with Gasteiger partial charge in [-0.25, -0.2) is 4.98 Å². The lowest BCUT2D eigenvalue weighted by Crippen LogP contribution is -2.30. The van der Waals surface area contributed by atoms with E-state index < -0.39 is 10.9 Å². The fourth-order valence-corrected chi connectivity index (χ4v) is 4.90. The molecule has 9 heteroatoms. The second kappa shape index (κ2) is 10.0. The van der Waals surface area contributed by atoms with Gasteiger partial charge in [0, 0.05) is 35.3 Å².